The van der Waals surface area contributed by atoms with Crippen molar-refractivity contribution in [3.63, 3.8) is 0 Å². The van der Waals surface area contributed by atoms with Crippen LogP contribution in [0, 0.1) is 0 Å². The fraction of sp³-hybridized carbons (Fsp3) is 0.364. The minimum Gasteiger partial charge on any atom is -0.378 e. The summed E-state index contributed by atoms with van der Waals surface area (Å²) in [5.74, 6) is 0. The standard InChI is InChI=1S/C11H15N3O3S/c12-5-7-17-8-6-14-9-13-18(15,16)11-4-2-1-3-10(11)14/h1-4,9H,5-8,12H2. The van der Waals surface area contributed by atoms with E-state index in [0.29, 0.717) is 32.0 Å². The molecule has 6 nitrogen and oxygen atoms in total. The molecule has 0 aromatic heterocycles. The minimum atomic E-state index is -3.54. The lowest BCUT2D eigenvalue weighted by atomic mass is 10.3. The van der Waals surface area contributed by atoms with Crippen molar-refractivity contribution < 1.29 is 13.2 Å². The predicted molar refractivity (Wildman–Crippen MR) is 69.3 cm³/mol. The molecule has 1 aromatic carbocycles. The van der Waals surface area contributed by atoms with Crippen LogP contribution >= 0.6 is 0 Å². The number of rotatable bonds is 5. The maximum absolute atomic E-state index is 11.7. The highest BCUT2D eigenvalue weighted by atomic mass is 32.2. The molecule has 98 valence electrons. The maximum Gasteiger partial charge on any atom is 0.285 e. The molecule has 0 unspecified atom stereocenters. The minimum absolute atomic E-state index is 0.228. The Morgan fingerprint density at radius 1 is 1.28 bits per heavy atom. The number of para-hydroxylation sites is 1. The molecule has 0 amide bonds. The number of benzene rings is 1. The average molecular weight is 269 g/mol. The summed E-state index contributed by atoms with van der Waals surface area (Å²) in [7, 11) is -3.54. The fourth-order valence-electron chi connectivity index (χ4n) is 1.68. The van der Waals surface area contributed by atoms with Crippen molar-refractivity contribution in [2.75, 3.05) is 31.2 Å². The summed E-state index contributed by atoms with van der Waals surface area (Å²) < 4.78 is 32.3. The van der Waals surface area contributed by atoms with Crippen LogP contribution in [0.25, 0.3) is 0 Å². The van der Waals surface area contributed by atoms with E-state index in [2.05, 4.69) is 4.40 Å². The summed E-state index contributed by atoms with van der Waals surface area (Å²) in [6.07, 6.45) is 1.32. The first kappa shape index (κ1) is 13.0. The van der Waals surface area contributed by atoms with Crippen molar-refractivity contribution in [1.82, 2.24) is 0 Å². The average Bonchev–Trinajstić information content (AvgIpc) is 2.37. The highest BCUT2D eigenvalue weighted by molar-refractivity contribution is 7.90. The molecule has 0 fully saturated rings. The zero-order chi connectivity index (χ0) is 13.0. The third-order valence-corrected chi connectivity index (χ3v) is 3.79. The molecule has 7 heteroatoms. The Hall–Kier alpha value is -1.44. The Kier molecular flexibility index (Phi) is 3.95. The second-order valence-corrected chi connectivity index (χ2v) is 5.36. The molecule has 0 atom stereocenters. The SMILES string of the molecule is NCCOCCN1C=NS(=O)(=O)c2ccccc21. The molecule has 1 heterocycles. The van der Waals surface area contributed by atoms with E-state index in [1.807, 2.05) is 0 Å². The molecule has 0 saturated carbocycles. The van der Waals surface area contributed by atoms with E-state index in [0.717, 1.165) is 0 Å². The Balaban J connectivity index is 2.15. The van der Waals surface area contributed by atoms with Gasteiger partial charge in [-0.25, -0.2) is 0 Å². The monoisotopic (exact) mass is 269 g/mol. The van der Waals surface area contributed by atoms with Gasteiger partial charge in [0, 0.05) is 13.1 Å². The molecule has 1 aromatic rings. The quantitative estimate of drug-likeness (QED) is 0.772. The Morgan fingerprint density at radius 3 is 2.83 bits per heavy atom. The lowest BCUT2D eigenvalue weighted by molar-refractivity contribution is 0.149. The van der Waals surface area contributed by atoms with Crippen molar-refractivity contribution in [3.05, 3.63) is 24.3 Å². The number of sulfonamides is 1. The van der Waals surface area contributed by atoms with Gasteiger partial charge in [0.2, 0.25) is 0 Å². The van der Waals surface area contributed by atoms with Gasteiger partial charge in [0.05, 0.1) is 18.9 Å². The van der Waals surface area contributed by atoms with Crippen LogP contribution in [0.5, 0.6) is 0 Å². The highest BCUT2D eigenvalue weighted by Crippen LogP contribution is 2.28. The molecule has 0 saturated heterocycles. The van der Waals surface area contributed by atoms with Crippen molar-refractivity contribution in [2.45, 2.75) is 4.90 Å². The maximum atomic E-state index is 11.7. The van der Waals surface area contributed by atoms with Crippen molar-refractivity contribution in [3.8, 4) is 0 Å². The van der Waals surface area contributed by atoms with Gasteiger partial charge in [-0.1, -0.05) is 12.1 Å². The molecule has 0 bridgehead atoms. The van der Waals surface area contributed by atoms with Crippen LogP contribution in [0.1, 0.15) is 0 Å². The summed E-state index contributed by atoms with van der Waals surface area (Å²) in [4.78, 5) is 1.98. The van der Waals surface area contributed by atoms with Crippen molar-refractivity contribution in [2.24, 2.45) is 10.1 Å². The van der Waals surface area contributed by atoms with Crippen LogP contribution in [0.3, 0.4) is 0 Å². The van der Waals surface area contributed by atoms with Gasteiger partial charge in [-0.3, -0.25) is 0 Å². The molecule has 18 heavy (non-hydrogen) atoms. The number of nitrogens with two attached hydrogens (primary N) is 1. The lowest BCUT2D eigenvalue weighted by Gasteiger charge is -2.24. The second kappa shape index (κ2) is 5.47. The summed E-state index contributed by atoms with van der Waals surface area (Å²) in [6.45, 7) is 1.97. The molecule has 2 N–H and O–H groups in total. The van der Waals surface area contributed by atoms with Gasteiger partial charge in [-0.2, -0.15) is 8.42 Å². The molecular formula is C11H15N3O3S. The number of nitrogens with zero attached hydrogens (tertiary/aromatic N) is 2. The highest BCUT2D eigenvalue weighted by Gasteiger charge is 2.24. The first-order valence-electron chi connectivity index (χ1n) is 5.59. The van der Waals surface area contributed by atoms with E-state index in [4.69, 9.17) is 10.5 Å². The largest absolute Gasteiger partial charge is 0.378 e. The van der Waals surface area contributed by atoms with Crippen molar-refractivity contribution >= 4 is 22.0 Å². The third kappa shape index (κ3) is 2.69. The Morgan fingerprint density at radius 2 is 2.06 bits per heavy atom. The van der Waals surface area contributed by atoms with Gasteiger partial charge >= 0.3 is 0 Å². The molecule has 1 aliphatic heterocycles. The van der Waals surface area contributed by atoms with Crippen molar-refractivity contribution in [1.29, 1.82) is 0 Å². The predicted octanol–water partition coefficient (Wildman–Crippen LogP) is 0.199. The Labute approximate surface area is 106 Å². The van der Waals surface area contributed by atoms with E-state index in [1.165, 1.54) is 6.34 Å². The number of hydrogen-bond acceptors (Lipinski definition) is 5. The van der Waals surface area contributed by atoms with Crippen LogP contribution in [-0.2, 0) is 14.8 Å². The smallest absolute Gasteiger partial charge is 0.285 e. The number of hydrogen-bond donors (Lipinski definition) is 1. The molecular weight excluding hydrogens is 254 g/mol. The summed E-state index contributed by atoms with van der Waals surface area (Å²) in [5, 5.41) is 0. The first-order chi connectivity index (χ1) is 8.65. The summed E-state index contributed by atoms with van der Waals surface area (Å²) in [6, 6.07) is 6.78. The molecule has 0 aliphatic carbocycles. The van der Waals surface area contributed by atoms with E-state index in [9.17, 15) is 8.42 Å². The van der Waals surface area contributed by atoms with E-state index in [1.54, 1.807) is 29.2 Å². The van der Waals surface area contributed by atoms with Crippen LogP contribution in [-0.4, -0.2) is 41.1 Å². The summed E-state index contributed by atoms with van der Waals surface area (Å²) in [5.41, 5.74) is 5.94. The normalized spacial score (nSPS) is 16.6. The summed E-state index contributed by atoms with van der Waals surface area (Å²) >= 11 is 0. The van der Waals surface area contributed by atoms with Gasteiger partial charge in [-0.05, 0) is 12.1 Å². The van der Waals surface area contributed by atoms with Gasteiger partial charge in [0.1, 0.15) is 11.2 Å². The van der Waals surface area contributed by atoms with Crippen LogP contribution in [0.15, 0.2) is 33.6 Å². The first-order valence-corrected chi connectivity index (χ1v) is 7.03. The topological polar surface area (TPSA) is 85.0 Å². The second-order valence-electron chi connectivity index (χ2n) is 3.76. The van der Waals surface area contributed by atoms with Crippen LogP contribution < -0.4 is 10.6 Å². The number of ether oxygens (including phenoxy) is 1. The fourth-order valence-corrected chi connectivity index (χ4v) is 2.73. The zero-order valence-corrected chi connectivity index (χ0v) is 10.6. The van der Waals surface area contributed by atoms with Gasteiger partial charge in [0.15, 0.2) is 0 Å². The molecule has 1 aliphatic rings. The molecule has 2 rings (SSSR count). The van der Waals surface area contributed by atoms with Gasteiger partial charge in [0.25, 0.3) is 10.0 Å². The van der Waals surface area contributed by atoms with Crippen LogP contribution in [0.4, 0.5) is 5.69 Å². The van der Waals surface area contributed by atoms with E-state index < -0.39 is 10.0 Å². The van der Waals surface area contributed by atoms with E-state index >= 15 is 0 Å². The number of fused-ring (bicyclic) bond motifs is 1. The number of anilines is 1. The van der Waals surface area contributed by atoms with E-state index in [-0.39, 0.29) is 4.90 Å². The third-order valence-electron chi connectivity index (χ3n) is 2.52. The molecule has 0 radical (unpaired) electrons. The zero-order valence-electron chi connectivity index (χ0n) is 9.82. The lowest BCUT2D eigenvalue weighted by Crippen LogP contribution is -2.30. The Bertz CT molecular complexity index is 542. The van der Waals surface area contributed by atoms with Gasteiger partial charge < -0.3 is 15.4 Å². The molecule has 0 spiro atoms. The van der Waals surface area contributed by atoms with Gasteiger partial charge in [-0.15, -0.1) is 4.40 Å². The van der Waals surface area contributed by atoms with Crippen LogP contribution in [0.2, 0.25) is 0 Å².